The number of furan rings is 1. The van der Waals surface area contributed by atoms with E-state index in [-0.39, 0.29) is 23.6 Å². The number of carbonyl (C=O) groups is 2. The molecule has 0 saturated heterocycles. The Morgan fingerprint density at radius 3 is 2.45 bits per heavy atom. The molecule has 0 saturated carbocycles. The summed E-state index contributed by atoms with van der Waals surface area (Å²) in [4.78, 5) is 35.0. The maximum atomic E-state index is 13.4. The summed E-state index contributed by atoms with van der Waals surface area (Å²) in [6.07, 6.45) is 6.73. The summed E-state index contributed by atoms with van der Waals surface area (Å²) in [5.41, 5.74) is 5.30. The molecule has 6 nitrogen and oxygen atoms in total. The Balaban J connectivity index is 1.43. The van der Waals surface area contributed by atoms with Crippen LogP contribution in [0.5, 0.6) is 0 Å². The normalized spacial score (nSPS) is 12.0. The fourth-order valence-corrected chi connectivity index (χ4v) is 5.64. The summed E-state index contributed by atoms with van der Waals surface area (Å²) in [6, 6.07) is 28.7. The molecule has 224 valence electrons. The molecule has 2 heterocycles. The molecule has 0 spiro atoms. The average molecular weight is 606 g/mol. The van der Waals surface area contributed by atoms with Crippen molar-refractivity contribution in [1.29, 1.82) is 0 Å². The van der Waals surface area contributed by atoms with Crippen molar-refractivity contribution in [3.05, 3.63) is 136 Å². The summed E-state index contributed by atoms with van der Waals surface area (Å²) in [5, 5.41) is 1.68. The van der Waals surface area contributed by atoms with Gasteiger partial charge in [0, 0.05) is 36.1 Å². The molecule has 0 N–H and O–H groups in total. The van der Waals surface area contributed by atoms with Gasteiger partial charge in [0.25, 0.3) is 11.8 Å². The van der Waals surface area contributed by atoms with Crippen LogP contribution in [0.4, 0.5) is 0 Å². The third kappa shape index (κ3) is 7.09. The van der Waals surface area contributed by atoms with Crippen LogP contribution in [0.2, 0.25) is 5.02 Å². The Hall–Kier alpha value is -4.68. The zero-order valence-electron chi connectivity index (χ0n) is 25.2. The van der Waals surface area contributed by atoms with Crippen LogP contribution in [0, 0.1) is 0 Å². The van der Waals surface area contributed by atoms with Gasteiger partial charge in [0.2, 0.25) is 0 Å². The first-order valence-electron chi connectivity index (χ1n) is 14.9. The number of aromatic nitrogens is 1. The molecule has 5 aromatic rings. The molecule has 2 aromatic heterocycles. The number of amides is 2. The van der Waals surface area contributed by atoms with E-state index in [4.69, 9.17) is 21.0 Å². The highest BCUT2D eigenvalue weighted by atomic mass is 35.5. The zero-order valence-corrected chi connectivity index (χ0v) is 26.0. The van der Waals surface area contributed by atoms with Gasteiger partial charge in [-0.05, 0) is 91.9 Å². The van der Waals surface area contributed by atoms with Crippen molar-refractivity contribution >= 4 is 46.5 Å². The standard InChI is InChI=1S/C37H36ClN3O3/c1-4-41(5-2)36(42)32-13-7-6-11-27(32)18-22-34(40(3)37(43)35-14-9-23-44-35)29-12-8-10-26(24-29)15-20-31-21-17-28-16-19-30(38)25-33(28)39-31/h6-17,19-21,23-25,34H,4-5,18,22H2,1-3H3/b20-15+. The molecule has 3 aromatic carbocycles. The Kier molecular flexibility index (Phi) is 9.93. The summed E-state index contributed by atoms with van der Waals surface area (Å²) in [5.74, 6) is 0.111. The van der Waals surface area contributed by atoms with Crippen molar-refractivity contribution in [2.24, 2.45) is 0 Å². The number of hydrogen-bond acceptors (Lipinski definition) is 4. The van der Waals surface area contributed by atoms with Gasteiger partial charge in [-0.3, -0.25) is 9.59 Å². The quantitative estimate of drug-likeness (QED) is 0.151. The van der Waals surface area contributed by atoms with Gasteiger partial charge in [-0.25, -0.2) is 4.98 Å². The second kappa shape index (κ2) is 14.2. The minimum atomic E-state index is -0.265. The van der Waals surface area contributed by atoms with Crippen LogP contribution in [0.25, 0.3) is 23.1 Å². The van der Waals surface area contributed by atoms with Crippen molar-refractivity contribution in [2.45, 2.75) is 32.7 Å². The number of carbonyl (C=O) groups excluding carboxylic acids is 2. The summed E-state index contributed by atoms with van der Waals surface area (Å²) < 4.78 is 5.45. The molecule has 0 bridgehead atoms. The van der Waals surface area contributed by atoms with Crippen LogP contribution in [-0.4, -0.2) is 46.7 Å². The van der Waals surface area contributed by atoms with E-state index in [1.165, 1.54) is 6.26 Å². The highest BCUT2D eigenvalue weighted by molar-refractivity contribution is 6.31. The van der Waals surface area contributed by atoms with E-state index in [2.05, 4.69) is 6.07 Å². The van der Waals surface area contributed by atoms with Crippen molar-refractivity contribution in [1.82, 2.24) is 14.8 Å². The van der Waals surface area contributed by atoms with Gasteiger partial charge in [0.15, 0.2) is 5.76 Å². The number of benzene rings is 3. The van der Waals surface area contributed by atoms with Crippen LogP contribution in [0.1, 0.15) is 69.6 Å². The molecular formula is C37H36ClN3O3. The Morgan fingerprint density at radius 2 is 1.68 bits per heavy atom. The molecule has 0 radical (unpaired) electrons. The number of aryl methyl sites for hydroxylation is 1. The monoisotopic (exact) mass is 605 g/mol. The lowest BCUT2D eigenvalue weighted by Crippen LogP contribution is -2.32. The number of rotatable bonds is 11. The molecule has 0 aliphatic heterocycles. The number of nitrogens with zero attached hydrogens (tertiary/aromatic N) is 3. The zero-order chi connectivity index (χ0) is 31.1. The topological polar surface area (TPSA) is 66.7 Å². The maximum absolute atomic E-state index is 13.4. The van der Waals surface area contributed by atoms with E-state index in [1.807, 2.05) is 104 Å². The first kappa shape index (κ1) is 30.8. The predicted molar refractivity (Wildman–Crippen MR) is 178 cm³/mol. The fourth-order valence-electron chi connectivity index (χ4n) is 5.47. The number of pyridine rings is 1. The van der Waals surface area contributed by atoms with Gasteiger partial charge >= 0.3 is 0 Å². The van der Waals surface area contributed by atoms with Gasteiger partial charge in [-0.2, -0.15) is 0 Å². The van der Waals surface area contributed by atoms with Crippen LogP contribution < -0.4 is 0 Å². The first-order chi connectivity index (χ1) is 21.4. The Morgan fingerprint density at radius 1 is 0.886 bits per heavy atom. The third-order valence-electron chi connectivity index (χ3n) is 7.92. The second-order valence-corrected chi connectivity index (χ2v) is 11.1. The molecule has 1 unspecified atom stereocenters. The molecule has 5 rings (SSSR count). The van der Waals surface area contributed by atoms with E-state index in [1.54, 1.807) is 24.1 Å². The van der Waals surface area contributed by atoms with Gasteiger partial charge < -0.3 is 14.2 Å². The lowest BCUT2D eigenvalue weighted by Gasteiger charge is -2.29. The van der Waals surface area contributed by atoms with E-state index in [0.717, 1.165) is 33.3 Å². The third-order valence-corrected chi connectivity index (χ3v) is 8.16. The lowest BCUT2D eigenvalue weighted by molar-refractivity contribution is 0.0688. The Labute approximate surface area is 263 Å². The molecule has 7 heteroatoms. The largest absolute Gasteiger partial charge is 0.459 e. The van der Waals surface area contributed by atoms with E-state index < -0.39 is 0 Å². The van der Waals surface area contributed by atoms with Crippen LogP contribution in [0.15, 0.2) is 102 Å². The number of fused-ring (bicyclic) bond motifs is 1. The molecule has 2 amide bonds. The molecule has 0 fully saturated rings. The van der Waals surface area contributed by atoms with Crippen molar-refractivity contribution in [3.63, 3.8) is 0 Å². The SMILES string of the molecule is CCN(CC)C(=O)c1ccccc1CCC(c1cccc(/C=C/c2ccc3ccc(Cl)cc3n2)c1)N(C)C(=O)c1ccco1. The second-order valence-electron chi connectivity index (χ2n) is 10.7. The highest BCUT2D eigenvalue weighted by Gasteiger charge is 2.25. The van der Waals surface area contributed by atoms with Gasteiger partial charge in [-0.1, -0.05) is 66.2 Å². The van der Waals surface area contributed by atoms with Gasteiger partial charge in [-0.15, -0.1) is 0 Å². The van der Waals surface area contributed by atoms with Crippen molar-refractivity contribution in [3.8, 4) is 0 Å². The summed E-state index contributed by atoms with van der Waals surface area (Å²) in [6.45, 7) is 5.27. The summed E-state index contributed by atoms with van der Waals surface area (Å²) >= 11 is 6.18. The Bertz CT molecular complexity index is 1780. The van der Waals surface area contributed by atoms with Crippen LogP contribution >= 0.6 is 11.6 Å². The minimum absolute atomic E-state index is 0.0267. The van der Waals surface area contributed by atoms with Gasteiger partial charge in [0.05, 0.1) is 23.5 Å². The smallest absolute Gasteiger partial charge is 0.289 e. The van der Waals surface area contributed by atoms with Crippen LogP contribution in [0.3, 0.4) is 0 Å². The van der Waals surface area contributed by atoms with Crippen molar-refractivity contribution < 1.29 is 14.0 Å². The predicted octanol–water partition coefficient (Wildman–Crippen LogP) is 8.58. The first-order valence-corrected chi connectivity index (χ1v) is 15.3. The average Bonchev–Trinajstić information content (AvgIpc) is 3.59. The van der Waals surface area contributed by atoms with E-state index in [0.29, 0.717) is 36.5 Å². The van der Waals surface area contributed by atoms with Gasteiger partial charge in [0.1, 0.15) is 0 Å². The fraction of sp³-hybridized carbons (Fsp3) is 0.216. The maximum Gasteiger partial charge on any atom is 0.289 e. The van der Waals surface area contributed by atoms with Crippen LogP contribution in [-0.2, 0) is 6.42 Å². The minimum Gasteiger partial charge on any atom is -0.459 e. The molecule has 0 aliphatic carbocycles. The lowest BCUT2D eigenvalue weighted by atomic mass is 9.94. The van der Waals surface area contributed by atoms with E-state index >= 15 is 0 Å². The van der Waals surface area contributed by atoms with Crippen molar-refractivity contribution in [2.75, 3.05) is 20.1 Å². The molecule has 1 atom stereocenters. The molecular weight excluding hydrogens is 570 g/mol. The number of halogens is 1. The van der Waals surface area contributed by atoms with E-state index in [9.17, 15) is 9.59 Å². The summed E-state index contributed by atoms with van der Waals surface area (Å²) in [7, 11) is 1.80. The molecule has 44 heavy (non-hydrogen) atoms. The number of hydrogen-bond donors (Lipinski definition) is 0. The highest BCUT2D eigenvalue weighted by Crippen LogP contribution is 2.29. The molecule has 0 aliphatic rings.